The number of hydrogen-bond acceptors (Lipinski definition) is 7. The topological polar surface area (TPSA) is 73.4 Å². The van der Waals surface area contributed by atoms with Gasteiger partial charge in [-0.3, -0.25) is 14.7 Å². The van der Waals surface area contributed by atoms with Crippen LogP contribution in [-0.2, 0) is 14.3 Å². The van der Waals surface area contributed by atoms with Gasteiger partial charge in [0, 0.05) is 69.3 Å². The number of carbonyl (C=O) groups excluding carboxylic acids is 1. The smallest absolute Gasteiger partial charge is 0.251 e. The van der Waals surface area contributed by atoms with Gasteiger partial charge in [0.15, 0.2) is 5.75 Å². The van der Waals surface area contributed by atoms with Crippen LogP contribution in [-0.4, -0.2) is 92.1 Å². The largest absolute Gasteiger partial charge is 0.490 e. The molecule has 0 bridgehead atoms. The molecule has 1 unspecified atom stereocenters. The molecule has 3 aromatic rings. The van der Waals surface area contributed by atoms with E-state index in [1.165, 1.54) is 0 Å². The van der Waals surface area contributed by atoms with E-state index in [0.717, 1.165) is 105 Å². The summed E-state index contributed by atoms with van der Waals surface area (Å²) in [5, 5.41) is 1.06. The Hall–Kier alpha value is -3.20. The molecule has 8 nitrogen and oxygen atoms in total. The van der Waals surface area contributed by atoms with Crippen molar-refractivity contribution in [1.82, 2.24) is 14.8 Å². The number of fused-ring (bicyclic) bond motifs is 1. The van der Waals surface area contributed by atoms with Crippen molar-refractivity contribution in [3.8, 4) is 22.6 Å². The minimum Gasteiger partial charge on any atom is -0.490 e. The van der Waals surface area contributed by atoms with Gasteiger partial charge in [0.2, 0.25) is 0 Å². The highest BCUT2D eigenvalue weighted by molar-refractivity contribution is 5.92. The van der Waals surface area contributed by atoms with Crippen molar-refractivity contribution < 1.29 is 23.7 Å². The van der Waals surface area contributed by atoms with Crippen LogP contribution in [0.4, 0.5) is 0 Å². The van der Waals surface area contributed by atoms with Crippen molar-refractivity contribution in [1.29, 1.82) is 0 Å². The number of hydrogen-bond donors (Lipinski definition) is 0. The molecule has 2 aromatic carbocycles. The van der Waals surface area contributed by atoms with E-state index in [4.69, 9.17) is 18.9 Å². The minimum atomic E-state index is -0.242. The summed E-state index contributed by atoms with van der Waals surface area (Å²) in [5.41, 5.74) is 2.96. The zero-order chi connectivity index (χ0) is 26.4. The van der Waals surface area contributed by atoms with E-state index in [1.54, 1.807) is 0 Å². The molecule has 1 aromatic heterocycles. The van der Waals surface area contributed by atoms with E-state index in [2.05, 4.69) is 40.2 Å². The van der Waals surface area contributed by atoms with Gasteiger partial charge >= 0.3 is 0 Å². The molecular weight excluding hydrogens is 494 g/mol. The Morgan fingerprint density at radius 1 is 0.949 bits per heavy atom. The molecular formula is C31H37N3O5. The molecule has 3 fully saturated rings. The lowest BCUT2D eigenvalue weighted by Gasteiger charge is -2.33. The second-order valence-corrected chi connectivity index (χ2v) is 10.5. The second-order valence-electron chi connectivity index (χ2n) is 10.5. The summed E-state index contributed by atoms with van der Waals surface area (Å²) in [6.45, 7) is 7.03. The van der Waals surface area contributed by atoms with E-state index < -0.39 is 0 Å². The lowest BCUT2D eigenvalue weighted by Crippen LogP contribution is -2.45. The molecule has 0 spiro atoms. The van der Waals surface area contributed by atoms with Crippen LogP contribution in [0.3, 0.4) is 0 Å². The average Bonchev–Trinajstić information content (AvgIpc) is 3.54. The van der Waals surface area contributed by atoms with E-state index >= 15 is 0 Å². The summed E-state index contributed by atoms with van der Waals surface area (Å²) < 4.78 is 23.8. The standard InChI is InChI=1S/C31H37N3O5/c35-31(28-4-2-19-37-28)34-14-11-26(12-15-34)39-25-8-5-23(6-9-25)27-10-7-24-3-1-13-32-29(24)30(27)38-22-18-33-16-20-36-21-17-33/h1,3,5-10,13,26,28H,2,4,11-12,14-22H2. The number of morpholine rings is 1. The maximum Gasteiger partial charge on any atom is 0.251 e. The number of benzene rings is 2. The number of nitrogens with zero attached hydrogens (tertiary/aromatic N) is 3. The van der Waals surface area contributed by atoms with Crippen molar-refractivity contribution in [2.75, 3.05) is 59.2 Å². The number of rotatable bonds is 8. The van der Waals surface area contributed by atoms with Gasteiger partial charge in [0.1, 0.15) is 30.1 Å². The number of aromatic nitrogens is 1. The van der Waals surface area contributed by atoms with E-state index in [-0.39, 0.29) is 18.1 Å². The van der Waals surface area contributed by atoms with Crippen LogP contribution < -0.4 is 9.47 Å². The van der Waals surface area contributed by atoms with Gasteiger partial charge in [0.05, 0.1) is 13.2 Å². The van der Waals surface area contributed by atoms with Crippen molar-refractivity contribution in [3.05, 3.63) is 54.7 Å². The first-order chi connectivity index (χ1) is 19.2. The highest BCUT2D eigenvalue weighted by Gasteiger charge is 2.31. The molecule has 8 heteroatoms. The van der Waals surface area contributed by atoms with E-state index in [1.807, 2.05) is 29.3 Å². The average molecular weight is 532 g/mol. The van der Waals surface area contributed by atoms with Crippen LogP contribution in [0.25, 0.3) is 22.0 Å². The number of ether oxygens (including phenoxy) is 4. The van der Waals surface area contributed by atoms with Crippen molar-refractivity contribution in [2.24, 2.45) is 0 Å². The molecule has 39 heavy (non-hydrogen) atoms. The third-order valence-corrected chi connectivity index (χ3v) is 7.91. The summed E-state index contributed by atoms with van der Waals surface area (Å²) in [6, 6.07) is 16.5. The molecule has 3 aliphatic heterocycles. The molecule has 3 saturated heterocycles. The Morgan fingerprint density at radius 3 is 2.54 bits per heavy atom. The summed E-state index contributed by atoms with van der Waals surface area (Å²) in [6.07, 6.45) is 5.16. The van der Waals surface area contributed by atoms with Gasteiger partial charge in [0.25, 0.3) is 5.91 Å². The number of pyridine rings is 1. The van der Waals surface area contributed by atoms with Crippen LogP contribution in [0.5, 0.6) is 11.5 Å². The Balaban J connectivity index is 1.10. The van der Waals surface area contributed by atoms with Crippen LogP contribution in [0.2, 0.25) is 0 Å². The fourth-order valence-corrected chi connectivity index (χ4v) is 5.67. The minimum absolute atomic E-state index is 0.105. The maximum atomic E-state index is 12.6. The van der Waals surface area contributed by atoms with Gasteiger partial charge < -0.3 is 23.8 Å². The quantitative estimate of drug-likeness (QED) is 0.432. The fourth-order valence-electron chi connectivity index (χ4n) is 5.67. The molecule has 1 atom stereocenters. The Morgan fingerprint density at radius 2 is 1.77 bits per heavy atom. The Labute approximate surface area is 229 Å². The predicted octanol–water partition coefficient (Wildman–Crippen LogP) is 4.16. The first-order valence-electron chi connectivity index (χ1n) is 14.2. The molecule has 4 heterocycles. The lowest BCUT2D eigenvalue weighted by molar-refractivity contribution is -0.142. The molecule has 206 valence electrons. The number of piperidine rings is 1. The van der Waals surface area contributed by atoms with Crippen LogP contribution in [0, 0.1) is 0 Å². The Kier molecular flexibility index (Phi) is 8.23. The fraction of sp³-hybridized carbons (Fsp3) is 0.484. The zero-order valence-corrected chi connectivity index (χ0v) is 22.4. The first kappa shape index (κ1) is 26.0. The normalized spacial score (nSPS) is 20.8. The lowest BCUT2D eigenvalue weighted by atomic mass is 10.0. The number of amides is 1. The third-order valence-electron chi connectivity index (χ3n) is 7.91. The first-order valence-corrected chi connectivity index (χ1v) is 14.2. The third kappa shape index (κ3) is 6.19. The van der Waals surface area contributed by atoms with Gasteiger partial charge in [-0.1, -0.05) is 24.3 Å². The summed E-state index contributed by atoms with van der Waals surface area (Å²) in [4.78, 5) is 21.6. The maximum absolute atomic E-state index is 12.6. The van der Waals surface area contributed by atoms with Crippen molar-refractivity contribution in [3.63, 3.8) is 0 Å². The van der Waals surface area contributed by atoms with Crippen molar-refractivity contribution >= 4 is 16.8 Å². The molecule has 0 N–H and O–H groups in total. The van der Waals surface area contributed by atoms with Crippen LogP contribution >= 0.6 is 0 Å². The predicted molar refractivity (Wildman–Crippen MR) is 149 cm³/mol. The highest BCUT2D eigenvalue weighted by Crippen LogP contribution is 2.37. The number of carbonyl (C=O) groups is 1. The molecule has 1 amide bonds. The Bertz CT molecular complexity index is 1250. The van der Waals surface area contributed by atoms with E-state index in [9.17, 15) is 4.79 Å². The molecule has 0 radical (unpaired) electrons. The van der Waals surface area contributed by atoms with Crippen LogP contribution in [0.15, 0.2) is 54.7 Å². The molecule has 6 rings (SSSR count). The molecule has 0 aliphatic carbocycles. The van der Waals surface area contributed by atoms with Gasteiger partial charge in [-0.2, -0.15) is 0 Å². The van der Waals surface area contributed by atoms with Crippen LogP contribution in [0.1, 0.15) is 25.7 Å². The molecule has 3 aliphatic rings. The number of likely N-dealkylation sites (tertiary alicyclic amines) is 1. The summed E-state index contributed by atoms with van der Waals surface area (Å²) in [7, 11) is 0. The second kappa shape index (κ2) is 12.3. The summed E-state index contributed by atoms with van der Waals surface area (Å²) in [5.74, 6) is 1.80. The van der Waals surface area contributed by atoms with Crippen molar-refractivity contribution in [2.45, 2.75) is 37.9 Å². The summed E-state index contributed by atoms with van der Waals surface area (Å²) >= 11 is 0. The molecule has 0 saturated carbocycles. The van der Waals surface area contributed by atoms with Gasteiger partial charge in [-0.15, -0.1) is 0 Å². The monoisotopic (exact) mass is 531 g/mol. The zero-order valence-electron chi connectivity index (χ0n) is 22.4. The van der Waals surface area contributed by atoms with Gasteiger partial charge in [-0.25, -0.2) is 0 Å². The van der Waals surface area contributed by atoms with Gasteiger partial charge in [-0.05, 0) is 42.7 Å². The highest BCUT2D eigenvalue weighted by atomic mass is 16.5. The van der Waals surface area contributed by atoms with E-state index in [0.29, 0.717) is 13.2 Å². The SMILES string of the molecule is O=C(C1CCCO1)N1CCC(Oc2ccc(-c3ccc4cccnc4c3OCCN3CCOCC3)cc2)CC1.